The van der Waals surface area contributed by atoms with E-state index in [1.54, 1.807) is 24.9 Å². The summed E-state index contributed by atoms with van der Waals surface area (Å²) < 4.78 is 1.62. The average molecular weight is 335 g/mol. The molecule has 25 heavy (non-hydrogen) atoms. The molecule has 0 aliphatic heterocycles. The third-order valence-electron chi connectivity index (χ3n) is 4.11. The van der Waals surface area contributed by atoms with Crippen molar-refractivity contribution in [3.8, 4) is 11.3 Å². The monoisotopic (exact) mass is 335 g/mol. The van der Waals surface area contributed by atoms with Crippen molar-refractivity contribution in [1.82, 2.24) is 15.1 Å². The van der Waals surface area contributed by atoms with Crippen LogP contribution in [0.15, 0.2) is 66.9 Å². The molecule has 0 spiro atoms. The molecule has 2 aromatic carbocycles. The Kier molecular flexibility index (Phi) is 4.67. The summed E-state index contributed by atoms with van der Waals surface area (Å²) in [6.07, 6.45) is 1.69. The fraction of sp³-hybridized carbons (Fsp3) is 0.200. The highest BCUT2D eigenvalue weighted by molar-refractivity contribution is 5.99. The number of aliphatic hydroxyl groups is 1. The second-order valence-electron chi connectivity index (χ2n) is 6.25. The van der Waals surface area contributed by atoms with Crippen LogP contribution in [0.4, 0.5) is 0 Å². The Bertz CT molecular complexity index is 855. The molecule has 0 aliphatic rings. The van der Waals surface area contributed by atoms with Crippen LogP contribution in [-0.2, 0) is 12.6 Å². The van der Waals surface area contributed by atoms with Gasteiger partial charge in [-0.1, -0.05) is 60.7 Å². The van der Waals surface area contributed by atoms with Gasteiger partial charge in [0.1, 0.15) is 11.3 Å². The van der Waals surface area contributed by atoms with Gasteiger partial charge in [0.25, 0.3) is 5.91 Å². The van der Waals surface area contributed by atoms with Gasteiger partial charge < -0.3 is 10.4 Å². The molecule has 3 rings (SSSR count). The molecule has 1 heterocycles. The number of aryl methyl sites for hydroxylation is 1. The van der Waals surface area contributed by atoms with Crippen LogP contribution in [0.1, 0.15) is 22.8 Å². The molecule has 5 nitrogen and oxygen atoms in total. The van der Waals surface area contributed by atoms with Crippen LogP contribution in [0.25, 0.3) is 11.3 Å². The molecule has 1 atom stereocenters. The predicted molar refractivity (Wildman–Crippen MR) is 97.0 cm³/mol. The first-order chi connectivity index (χ1) is 12.0. The zero-order valence-corrected chi connectivity index (χ0v) is 14.3. The third kappa shape index (κ3) is 3.78. The summed E-state index contributed by atoms with van der Waals surface area (Å²) in [5.74, 6) is -0.261. The van der Waals surface area contributed by atoms with Crippen LogP contribution in [0, 0.1) is 0 Å². The van der Waals surface area contributed by atoms with Crippen LogP contribution in [0.3, 0.4) is 0 Å². The Hall–Kier alpha value is -2.92. The summed E-state index contributed by atoms with van der Waals surface area (Å²) in [6.45, 7) is 1.79. The minimum absolute atomic E-state index is 0.110. The minimum atomic E-state index is -1.15. The zero-order chi connectivity index (χ0) is 17.9. The van der Waals surface area contributed by atoms with Gasteiger partial charge in [-0.2, -0.15) is 5.10 Å². The van der Waals surface area contributed by atoms with Crippen molar-refractivity contribution in [1.29, 1.82) is 0 Å². The van der Waals surface area contributed by atoms with E-state index in [2.05, 4.69) is 10.4 Å². The van der Waals surface area contributed by atoms with Gasteiger partial charge in [-0.25, -0.2) is 0 Å². The summed E-state index contributed by atoms with van der Waals surface area (Å²) in [5.41, 5.74) is 1.59. The van der Waals surface area contributed by atoms with Crippen molar-refractivity contribution < 1.29 is 9.90 Å². The molecule has 128 valence electrons. The van der Waals surface area contributed by atoms with E-state index in [9.17, 15) is 9.90 Å². The maximum absolute atomic E-state index is 12.7. The Morgan fingerprint density at radius 3 is 2.36 bits per heavy atom. The van der Waals surface area contributed by atoms with E-state index < -0.39 is 5.60 Å². The number of hydrogen-bond donors (Lipinski definition) is 2. The first-order valence-electron chi connectivity index (χ1n) is 8.12. The topological polar surface area (TPSA) is 67.2 Å². The molecule has 0 saturated carbocycles. The van der Waals surface area contributed by atoms with Gasteiger partial charge in [-0.05, 0) is 12.5 Å². The molecule has 0 fully saturated rings. The maximum Gasteiger partial charge on any atom is 0.255 e. The molecule has 1 unspecified atom stereocenters. The SMILES string of the molecule is Cn1cc(C(=O)NCC(C)(O)c2ccccc2)c(-c2ccccc2)n1. The van der Waals surface area contributed by atoms with Crippen molar-refractivity contribution in [2.45, 2.75) is 12.5 Å². The summed E-state index contributed by atoms with van der Waals surface area (Å²) >= 11 is 0. The van der Waals surface area contributed by atoms with Crippen LogP contribution in [0.5, 0.6) is 0 Å². The lowest BCUT2D eigenvalue weighted by Crippen LogP contribution is -2.38. The van der Waals surface area contributed by atoms with Crippen molar-refractivity contribution >= 4 is 5.91 Å². The van der Waals surface area contributed by atoms with E-state index in [0.29, 0.717) is 11.3 Å². The number of carbonyl (C=O) groups excluding carboxylic acids is 1. The van der Waals surface area contributed by atoms with Gasteiger partial charge in [0.05, 0.1) is 12.1 Å². The van der Waals surface area contributed by atoms with Crippen molar-refractivity contribution in [2.75, 3.05) is 6.54 Å². The largest absolute Gasteiger partial charge is 0.384 e. The lowest BCUT2D eigenvalue weighted by molar-refractivity contribution is 0.0526. The van der Waals surface area contributed by atoms with Crippen molar-refractivity contribution in [2.24, 2.45) is 7.05 Å². The van der Waals surface area contributed by atoms with Crippen molar-refractivity contribution in [3.63, 3.8) is 0 Å². The highest BCUT2D eigenvalue weighted by Crippen LogP contribution is 2.23. The summed E-state index contributed by atoms with van der Waals surface area (Å²) in [7, 11) is 1.78. The van der Waals surface area contributed by atoms with E-state index in [1.165, 1.54) is 0 Å². The number of hydrogen-bond acceptors (Lipinski definition) is 3. The highest BCUT2D eigenvalue weighted by atomic mass is 16.3. The lowest BCUT2D eigenvalue weighted by atomic mass is 9.96. The Morgan fingerprint density at radius 1 is 1.12 bits per heavy atom. The second kappa shape index (κ2) is 6.91. The van der Waals surface area contributed by atoms with Gasteiger partial charge in [-0.15, -0.1) is 0 Å². The van der Waals surface area contributed by atoms with E-state index in [1.807, 2.05) is 60.7 Å². The van der Waals surface area contributed by atoms with Crippen LogP contribution in [0.2, 0.25) is 0 Å². The Morgan fingerprint density at radius 2 is 1.72 bits per heavy atom. The molecular formula is C20H21N3O2. The highest BCUT2D eigenvalue weighted by Gasteiger charge is 2.25. The molecule has 0 bridgehead atoms. The van der Waals surface area contributed by atoms with E-state index >= 15 is 0 Å². The smallest absolute Gasteiger partial charge is 0.255 e. The first-order valence-corrected chi connectivity index (χ1v) is 8.12. The number of amides is 1. The van der Waals surface area contributed by atoms with E-state index in [0.717, 1.165) is 11.1 Å². The fourth-order valence-electron chi connectivity index (χ4n) is 2.71. The number of rotatable bonds is 5. The van der Waals surface area contributed by atoms with E-state index in [4.69, 9.17) is 0 Å². The van der Waals surface area contributed by atoms with Crippen LogP contribution >= 0.6 is 0 Å². The van der Waals surface area contributed by atoms with E-state index in [-0.39, 0.29) is 12.5 Å². The zero-order valence-electron chi connectivity index (χ0n) is 14.3. The maximum atomic E-state index is 12.7. The number of nitrogens with zero attached hydrogens (tertiary/aromatic N) is 2. The molecule has 0 aliphatic carbocycles. The number of nitrogens with one attached hydrogen (secondary N) is 1. The van der Waals surface area contributed by atoms with Gasteiger partial charge in [0.2, 0.25) is 0 Å². The molecule has 0 saturated heterocycles. The van der Waals surface area contributed by atoms with Gasteiger partial charge in [-0.3, -0.25) is 9.48 Å². The quantitative estimate of drug-likeness (QED) is 0.753. The normalized spacial score (nSPS) is 13.2. The Balaban J connectivity index is 1.79. The summed E-state index contributed by atoms with van der Waals surface area (Å²) in [6, 6.07) is 18.9. The molecule has 3 aromatic rings. The second-order valence-corrected chi connectivity index (χ2v) is 6.25. The standard InChI is InChI=1S/C20H21N3O2/c1-20(25,16-11-7-4-8-12-16)14-21-19(24)17-13-23(2)22-18(17)15-9-5-3-6-10-15/h3-13,25H,14H2,1-2H3,(H,21,24). The van der Waals surface area contributed by atoms with Crippen molar-refractivity contribution in [3.05, 3.63) is 78.0 Å². The summed E-state index contributed by atoms with van der Waals surface area (Å²) in [5, 5.41) is 17.9. The molecular weight excluding hydrogens is 314 g/mol. The van der Waals surface area contributed by atoms with Gasteiger partial charge in [0, 0.05) is 18.8 Å². The van der Waals surface area contributed by atoms with Gasteiger partial charge >= 0.3 is 0 Å². The first kappa shape index (κ1) is 16.9. The fourth-order valence-corrected chi connectivity index (χ4v) is 2.71. The summed E-state index contributed by atoms with van der Waals surface area (Å²) in [4.78, 5) is 12.7. The molecule has 5 heteroatoms. The number of carbonyl (C=O) groups is 1. The predicted octanol–water partition coefficient (Wildman–Crippen LogP) is 2.72. The molecule has 2 N–H and O–H groups in total. The minimum Gasteiger partial charge on any atom is -0.384 e. The molecule has 1 amide bonds. The molecule has 1 aromatic heterocycles. The average Bonchev–Trinajstić information content (AvgIpc) is 3.03. The van der Waals surface area contributed by atoms with Crippen LogP contribution < -0.4 is 5.32 Å². The van der Waals surface area contributed by atoms with Gasteiger partial charge in [0.15, 0.2) is 0 Å². The Labute approximate surface area is 146 Å². The molecule has 0 radical (unpaired) electrons. The lowest BCUT2D eigenvalue weighted by Gasteiger charge is -2.24. The number of aromatic nitrogens is 2. The van der Waals surface area contributed by atoms with Crippen LogP contribution in [-0.4, -0.2) is 27.3 Å². The number of benzene rings is 2. The third-order valence-corrected chi connectivity index (χ3v) is 4.11.